The fraction of sp³-hybridized carbons (Fsp3) is 0.696. The van der Waals surface area contributed by atoms with Gasteiger partial charge in [-0.1, -0.05) is 19.9 Å². The summed E-state index contributed by atoms with van der Waals surface area (Å²) < 4.78 is 12.1. The molecular weight excluding hydrogens is 374 g/mol. The Kier molecular flexibility index (Phi) is 4.10. The lowest BCUT2D eigenvalue weighted by molar-refractivity contribution is -0.151. The van der Waals surface area contributed by atoms with Crippen molar-refractivity contribution in [1.82, 2.24) is 4.90 Å². The van der Waals surface area contributed by atoms with Crippen molar-refractivity contribution in [2.45, 2.75) is 57.1 Å². The Hall–Kier alpha value is -1.26. The minimum atomic E-state index is -0.315. The summed E-state index contributed by atoms with van der Waals surface area (Å²) in [6.45, 7) is 6.79. The van der Waals surface area contributed by atoms with Crippen LogP contribution >= 0.6 is 12.4 Å². The number of piperidine rings is 1. The summed E-state index contributed by atoms with van der Waals surface area (Å²) >= 11 is 0. The molecule has 28 heavy (non-hydrogen) atoms. The topological polar surface area (TPSA) is 38.8 Å². The Morgan fingerprint density at radius 2 is 2.07 bits per heavy atom. The van der Waals surface area contributed by atoms with E-state index >= 15 is 0 Å². The van der Waals surface area contributed by atoms with Crippen LogP contribution in [-0.2, 0) is 16.6 Å². The Balaban J connectivity index is 0.00000171. The van der Waals surface area contributed by atoms with Crippen molar-refractivity contribution in [3.05, 3.63) is 23.3 Å². The number of hydrogen-bond acceptors (Lipinski definition) is 4. The number of Topliss-reactive ketones (excluding diaryl/α,β-unsaturated/α-hetero) is 1. The van der Waals surface area contributed by atoms with E-state index in [2.05, 4.69) is 24.8 Å². The molecule has 3 fully saturated rings. The molecule has 2 aliphatic heterocycles. The van der Waals surface area contributed by atoms with E-state index in [4.69, 9.17) is 9.47 Å². The monoisotopic (exact) mass is 403 g/mol. The lowest BCUT2D eigenvalue weighted by Crippen LogP contribution is -2.69. The van der Waals surface area contributed by atoms with Crippen molar-refractivity contribution in [2.75, 3.05) is 20.2 Å². The van der Waals surface area contributed by atoms with Gasteiger partial charge < -0.3 is 9.47 Å². The molecule has 0 amide bonds. The number of rotatable bonds is 3. The van der Waals surface area contributed by atoms with E-state index in [1.807, 2.05) is 6.07 Å². The summed E-state index contributed by atoms with van der Waals surface area (Å²) in [5, 5.41) is 0. The summed E-state index contributed by atoms with van der Waals surface area (Å²) in [5.74, 6) is 3.84. The first kappa shape index (κ1) is 18.7. The highest BCUT2D eigenvalue weighted by Crippen LogP contribution is 2.65. The van der Waals surface area contributed by atoms with Crippen LogP contribution in [0.5, 0.6) is 11.5 Å². The summed E-state index contributed by atoms with van der Waals surface area (Å²) in [4.78, 5) is 16.1. The second-order valence-corrected chi connectivity index (χ2v) is 9.71. The third kappa shape index (κ3) is 2.14. The highest BCUT2D eigenvalue weighted by molar-refractivity contribution is 5.91. The minimum absolute atomic E-state index is 0. The van der Waals surface area contributed by atoms with Gasteiger partial charge in [0, 0.05) is 29.5 Å². The maximum absolute atomic E-state index is 13.4. The maximum Gasteiger partial charge on any atom is 0.177 e. The number of benzene rings is 1. The molecule has 3 aliphatic carbocycles. The Labute approximate surface area is 173 Å². The zero-order valence-electron chi connectivity index (χ0n) is 16.9. The average molecular weight is 404 g/mol. The summed E-state index contributed by atoms with van der Waals surface area (Å²) in [5.41, 5.74) is 2.58. The first-order valence-electron chi connectivity index (χ1n) is 10.7. The largest absolute Gasteiger partial charge is 0.493 e. The molecule has 1 aromatic carbocycles. The minimum Gasteiger partial charge on any atom is -0.493 e. The molecule has 152 valence electrons. The predicted octanol–water partition coefficient (Wildman–Crippen LogP) is 3.63. The van der Waals surface area contributed by atoms with Crippen molar-refractivity contribution in [2.24, 2.45) is 23.7 Å². The fourth-order valence-electron chi connectivity index (χ4n) is 7.03. The average Bonchev–Trinajstić information content (AvgIpc) is 3.42. The standard InChI is InChI=1S/C23H29NO3.ClH/c1-12-13(2)20(25)22-23-8-9-24(11-14-4-5-14)16(18(12)23)10-15-6-7-17(26-3)21(27-22)19(15)23;/h6-7,12-14,16,18,22H,4-5,8-11H2,1-3H3;1H/t12-,13-,16+,18-,22?,23-;/m0./s1. The van der Waals surface area contributed by atoms with Crippen molar-refractivity contribution < 1.29 is 14.3 Å². The van der Waals surface area contributed by atoms with E-state index in [1.165, 1.54) is 30.5 Å². The van der Waals surface area contributed by atoms with Gasteiger partial charge in [-0.15, -0.1) is 12.4 Å². The lowest BCUT2D eigenvalue weighted by atomic mass is 9.47. The number of carbonyl (C=O) groups is 1. The van der Waals surface area contributed by atoms with Crippen molar-refractivity contribution in [3.8, 4) is 11.5 Å². The number of ketones is 1. The highest BCUT2D eigenvalue weighted by atomic mass is 35.5. The van der Waals surface area contributed by atoms with E-state index in [9.17, 15) is 4.79 Å². The van der Waals surface area contributed by atoms with E-state index < -0.39 is 0 Å². The van der Waals surface area contributed by atoms with Crippen LogP contribution in [0.2, 0.25) is 0 Å². The van der Waals surface area contributed by atoms with E-state index in [1.54, 1.807) is 7.11 Å². The molecule has 6 atom stereocenters. The molecule has 1 spiro atoms. The van der Waals surface area contributed by atoms with Gasteiger partial charge in [-0.2, -0.15) is 0 Å². The van der Waals surface area contributed by atoms with Gasteiger partial charge in [-0.3, -0.25) is 9.69 Å². The molecule has 2 bridgehead atoms. The van der Waals surface area contributed by atoms with Crippen molar-refractivity contribution in [3.63, 3.8) is 0 Å². The number of halogens is 1. The number of carbonyl (C=O) groups excluding carboxylic acids is 1. The number of nitrogens with zero attached hydrogens (tertiary/aromatic N) is 1. The van der Waals surface area contributed by atoms with Crippen LogP contribution < -0.4 is 9.47 Å². The van der Waals surface area contributed by atoms with Crippen LogP contribution in [0.1, 0.15) is 44.2 Å². The molecule has 1 aromatic rings. The Bertz CT molecular complexity index is 837. The van der Waals surface area contributed by atoms with Crippen LogP contribution in [0.4, 0.5) is 0 Å². The number of methoxy groups -OCH3 is 1. The van der Waals surface area contributed by atoms with Crippen LogP contribution in [0.3, 0.4) is 0 Å². The summed E-state index contributed by atoms with van der Waals surface area (Å²) in [6.07, 6.45) is 4.61. The van der Waals surface area contributed by atoms with Gasteiger partial charge in [0.25, 0.3) is 0 Å². The smallest absolute Gasteiger partial charge is 0.177 e. The van der Waals surface area contributed by atoms with Gasteiger partial charge >= 0.3 is 0 Å². The Morgan fingerprint density at radius 1 is 1.29 bits per heavy atom. The highest BCUT2D eigenvalue weighted by Gasteiger charge is 2.69. The third-order valence-corrected chi connectivity index (χ3v) is 8.57. The number of likely N-dealkylation sites (tertiary alicyclic amines) is 1. The van der Waals surface area contributed by atoms with Crippen molar-refractivity contribution in [1.29, 1.82) is 0 Å². The van der Waals surface area contributed by atoms with Crippen molar-refractivity contribution >= 4 is 18.2 Å². The molecule has 2 heterocycles. The van der Waals surface area contributed by atoms with Gasteiger partial charge in [-0.05, 0) is 61.6 Å². The molecule has 0 N–H and O–H groups in total. The molecule has 1 unspecified atom stereocenters. The first-order chi connectivity index (χ1) is 13.1. The quantitative estimate of drug-likeness (QED) is 0.772. The first-order valence-corrected chi connectivity index (χ1v) is 10.7. The van der Waals surface area contributed by atoms with Crippen LogP contribution in [0.25, 0.3) is 0 Å². The van der Waals surface area contributed by atoms with E-state index in [0.717, 1.165) is 36.8 Å². The maximum atomic E-state index is 13.4. The second-order valence-electron chi connectivity index (χ2n) is 9.71. The molecular formula is C23H30ClNO3. The van der Waals surface area contributed by atoms with Crippen LogP contribution in [-0.4, -0.2) is 43.0 Å². The molecule has 5 aliphatic rings. The zero-order valence-corrected chi connectivity index (χ0v) is 17.8. The van der Waals surface area contributed by atoms with E-state index in [0.29, 0.717) is 23.7 Å². The van der Waals surface area contributed by atoms with Gasteiger partial charge in [0.1, 0.15) is 0 Å². The summed E-state index contributed by atoms with van der Waals surface area (Å²) in [6, 6.07) is 4.82. The van der Waals surface area contributed by atoms with Crippen LogP contribution in [0, 0.1) is 23.7 Å². The normalized spacial score (nSPS) is 40.4. The zero-order chi connectivity index (χ0) is 18.5. The molecule has 0 radical (unpaired) electrons. The molecule has 5 heteroatoms. The number of ether oxygens (including phenoxy) is 2. The molecule has 2 saturated carbocycles. The second kappa shape index (κ2) is 6.12. The Morgan fingerprint density at radius 3 is 2.79 bits per heavy atom. The SMILES string of the molecule is COc1ccc2c3c1OC1C(=O)[C@@H](C)[C@H](C)[C@H]4[C@@H](C2)N(CC2CC2)CC[C@]314.Cl. The number of hydrogen-bond donors (Lipinski definition) is 0. The predicted molar refractivity (Wildman–Crippen MR) is 110 cm³/mol. The van der Waals surface area contributed by atoms with Crippen LogP contribution in [0.15, 0.2) is 12.1 Å². The fourth-order valence-corrected chi connectivity index (χ4v) is 7.03. The third-order valence-electron chi connectivity index (χ3n) is 8.57. The van der Waals surface area contributed by atoms with Gasteiger partial charge in [0.2, 0.25) is 0 Å². The lowest BCUT2D eigenvalue weighted by Gasteiger charge is -2.61. The van der Waals surface area contributed by atoms with Gasteiger partial charge in [0.05, 0.1) is 7.11 Å². The van der Waals surface area contributed by atoms with E-state index in [-0.39, 0.29) is 29.8 Å². The van der Waals surface area contributed by atoms with Gasteiger partial charge in [-0.25, -0.2) is 0 Å². The van der Waals surface area contributed by atoms with Gasteiger partial charge in [0.15, 0.2) is 23.4 Å². The molecule has 6 rings (SSSR count). The summed E-state index contributed by atoms with van der Waals surface area (Å²) in [7, 11) is 1.70. The molecule has 0 aromatic heterocycles. The molecule has 4 nitrogen and oxygen atoms in total. The molecule has 1 saturated heterocycles.